The topological polar surface area (TPSA) is 119 Å². The molecule has 0 spiro atoms. The number of ether oxygens (including phenoxy) is 1. The van der Waals surface area contributed by atoms with Crippen LogP contribution in [-0.2, 0) is 0 Å². The molecule has 0 saturated carbocycles. The second kappa shape index (κ2) is 8.71. The summed E-state index contributed by atoms with van der Waals surface area (Å²) in [6.07, 6.45) is 0. The highest BCUT2D eigenvalue weighted by Gasteiger charge is 2.20. The molecule has 0 aromatic heterocycles. The van der Waals surface area contributed by atoms with Gasteiger partial charge in [0.15, 0.2) is 0 Å². The van der Waals surface area contributed by atoms with Crippen molar-refractivity contribution in [1.82, 2.24) is 0 Å². The fourth-order valence-corrected chi connectivity index (χ4v) is 3.41. The third-order valence-electron chi connectivity index (χ3n) is 5.04. The molecule has 0 radical (unpaired) electrons. The molecule has 0 bridgehead atoms. The average Bonchev–Trinajstić information content (AvgIpc) is 2.76. The quantitative estimate of drug-likeness (QED) is 0.558. The van der Waals surface area contributed by atoms with Crippen molar-refractivity contribution in [3.05, 3.63) is 82.4 Å². The van der Waals surface area contributed by atoms with Crippen molar-refractivity contribution in [3.8, 4) is 16.9 Å². The highest BCUT2D eigenvalue weighted by atomic mass is 16.5. The van der Waals surface area contributed by atoms with Crippen molar-refractivity contribution >= 4 is 23.5 Å². The molecule has 2 amide bonds. The van der Waals surface area contributed by atoms with Crippen molar-refractivity contribution in [2.75, 3.05) is 12.4 Å². The average molecular weight is 418 g/mol. The number of hydrogen-bond donors (Lipinski definition) is 3. The van der Waals surface area contributed by atoms with Gasteiger partial charge in [-0.3, -0.25) is 9.59 Å². The van der Waals surface area contributed by atoms with E-state index in [4.69, 9.17) is 10.5 Å². The van der Waals surface area contributed by atoms with Gasteiger partial charge >= 0.3 is 5.97 Å². The molecule has 0 atom stereocenters. The SMILES string of the molecule is COc1c(C(=O)O)cc(C)c(NC(=O)c2ccc(-c3ccc(C(N)=O)cc3)cc2)c1C. The number of carboxylic acid groups (broad SMARTS) is 1. The predicted molar refractivity (Wildman–Crippen MR) is 118 cm³/mol. The molecule has 0 saturated heterocycles. The Labute approximate surface area is 179 Å². The van der Waals surface area contributed by atoms with Gasteiger partial charge in [0.05, 0.1) is 12.8 Å². The van der Waals surface area contributed by atoms with Crippen molar-refractivity contribution in [3.63, 3.8) is 0 Å². The van der Waals surface area contributed by atoms with Gasteiger partial charge in [0.2, 0.25) is 5.91 Å². The first-order chi connectivity index (χ1) is 14.7. The van der Waals surface area contributed by atoms with Gasteiger partial charge in [0.25, 0.3) is 5.91 Å². The summed E-state index contributed by atoms with van der Waals surface area (Å²) in [5.74, 6) is -1.70. The molecule has 0 fully saturated rings. The molecule has 3 rings (SSSR count). The van der Waals surface area contributed by atoms with Gasteiger partial charge in [-0.1, -0.05) is 24.3 Å². The van der Waals surface area contributed by atoms with Crippen molar-refractivity contribution in [2.24, 2.45) is 5.73 Å². The summed E-state index contributed by atoms with van der Waals surface area (Å²) in [5, 5.41) is 12.2. The molecule has 158 valence electrons. The van der Waals surface area contributed by atoms with Crippen LogP contribution in [-0.4, -0.2) is 30.0 Å². The van der Waals surface area contributed by atoms with Crippen LogP contribution in [0.3, 0.4) is 0 Å². The van der Waals surface area contributed by atoms with E-state index in [9.17, 15) is 19.5 Å². The number of benzene rings is 3. The number of methoxy groups -OCH3 is 1. The molecule has 0 aliphatic rings. The molecular formula is C24H22N2O5. The summed E-state index contributed by atoms with van der Waals surface area (Å²) in [6, 6.07) is 15.4. The van der Waals surface area contributed by atoms with Crippen LogP contribution < -0.4 is 15.8 Å². The second-order valence-electron chi connectivity index (χ2n) is 7.05. The molecular weight excluding hydrogens is 396 g/mol. The summed E-state index contributed by atoms with van der Waals surface area (Å²) in [5.41, 5.74) is 9.62. The molecule has 4 N–H and O–H groups in total. The van der Waals surface area contributed by atoms with E-state index in [0.717, 1.165) is 11.1 Å². The fourth-order valence-electron chi connectivity index (χ4n) is 3.41. The third-order valence-corrected chi connectivity index (χ3v) is 5.04. The summed E-state index contributed by atoms with van der Waals surface area (Å²) in [4.78, 5) is 35.4. The Balaban J connectivity index is 1.84. The van der Waals surface area contributed by atoms with E-state index in [-0.39, 0.29) is 17.2 Å². The van der Waals surface area contributed by atoms with Gasteiger partial charge in [-0.05, 0) is 60.9 Å². The summed E-state index contributed by atoms with van der Waals surface area (Å²) < 4.78 is 5.25. The number of aryl methyl sites for hydroxylation is 1. The minimum Gasteiger partial charge on any atom is -0.495 e. The van der Waals surface area contributed by atoms with Crippen LogP contribution in [0.1, 0.15) is 42.2 Å². The minimum absolute atomic E-state index is 0.0437. The van der Waals surface area contributed by atoms with E-state index < -0.39 is 11.9 Å². The number of rotatable bonds is 6. The fraction of sp³-hybridized carbons (Fsp3) is 0.125. The number of aromatic carboxylic acids is 1. The number of primary amides is 1. The van der Waals surface area contributed by atoms with Crippen LogP contribution in [0.5, 0.6) is 5.75 Å². The second-order valence-corrected chi connectivity index (χ2v) is 7.05. The lowest BCUT2D eigenvalue weighted by atomic mass is 10.0. The van der Waals surface area contributed by atoms with Crippen LogP contribution in [0, 0.1) is 13.8 Å². The van der Waals surface area contributed by atoms with E-state index in [1.807, 2.05) is 12.1 Å². The van der Waals surface area contributed by atoms with Gasteiger partial charge in [-0.15, -0.1) is 0 Å². The molecule has 31 heavy (non-hydrogen) atoms. The number of amides is 2. The highest BCUT2D eigenvalue weighted by Crippen LogP contribution is 2.33. The van der Waals surface area contributed by atoms with Crippen molar-refractivity contribution in [1.29, 1.82) is 0 Å². The molecule has 7 nitrogen and oxygen atoms in total. The lowest BCUT2D eigenvalue weighted by Gasteiger charge is -2.17. The lowest BCUT2D eigenvalue weighted by molar-refractivity contribution is 0.0692. The molecule has 3 aromatic rings. The van der Waals surface area contributed by atoms with Gasteiger partial charge in [-0.25, -0.2) is 4.79 Å². The van der Waals surface area contributed by atoms with Crippen LogP contribution in [0.15, 0.2) is 54.6 Å². The Hall–Kier alpha value is -4.13. The normalized spacial score (nSPS) is 10.4. The van der Waals surface area contributed by atoms with Crippen molar-refractivity contribution in [2.45, 2.75) is 13.8 Å². The van der Waals surface area contributed by atoms with E-state index in [1.165, 1.54) is 13.2 Å². The van der Waals surface area contributed by atoms with Crippen LogP contribution in [0.2, 0.25) is 0 Å². The maximum absolute atomic E-state index is 12.8. The Morgan fingerprint density at radius 1 is 0.903 bits per heavy atom. The van der Waals surface area contributed by atoms with Gasteiger partial charge in [0.1, 0.15) is 11.3 Å². The van der Waals surface area contributed by atoms with E-state index in [1.54, 1.807) is 50.2 Å². The largest absolute Gasteiger partial charge is 0.495 e. The van der Waals surface area contributed by atoms with Crippen LogP contribution in [0.25, 0.3) is 11.1 Å². The molecule has 0 aliphatic heterocycles. The molecule has 7 heteroatoms. The van der Waals surface area contributed by atoms with E-state index in [2.05, 4.69) is 5.32 Å². The first-order valence-electron chi connectivity index (χ1n) is 9.46. The monoisotopic (exact) mass is 418 g/mol. The van der Waals surface area contributed by atoms with Gasteiger partial charge in [-0.2, -0.15) is 0 Å². The third kappa shape index (κ3) is 4.40. The molecule has 3 aromatic carbocycles. The Morgan fingerprint density at radius 3 is 1.87 bits per heavy atom. The Kier molecular flexibility index (Phi) is 6.06. The number of carboxylic acids is 1. The van der Waals surface area contributed by atoms with Crippen LogP contribution >= 0.6 is 0 Å². The van der Waals surface area contributed by atoms with Crippen LogP contribution in [0.4, 0.5) is 5.69 Å². The summed E-state index contributed by atoms with van der Waals surface area (Å²) in [6.45, 7) is 3.43. The standard InChI is InChI=1S/C24H22N2O5/c1-13-12-19(24(29)30)21(31-3)14(2)20(13)26-23(28)18-10-6-16(7-11-18)15-4-8-17(9-5-15)22(25)27/h4-12H,1-3H3,(H2,25,27)(H,26,28)(H,29,30). The molecule has 0 heterocycles. The predicted octanol–water partition coefficient (Wildman–Crippen LogP) is 4.03. The van der Waals surface area contributed by atoms with E-state index in [0.29, 0.717) is 27.9 Å². The number of nitrogens with one attached hydrogen (secondary N) is 1. The summed E-state index contributed by atoms with van der Waals surface area (Å²) >= 11 is 0. The smallest absolute Gasteiger partial charge is 0.339 e. The zero-order chi connectivity index (χ0) is 22.7. The van der Waals surface area contributed by atoms with Crippen molar-refractivity contribution < 1.29 is 24.2 Å². The summed E-state index contributed by atoms with van der Waals surface area (Å²) in [7, 11) is 1.39. The zero-order valence-corrected chi connectivity index (χ0v) is 17.4. The zero-order valence-electron chi connectivity index (χ0n) is 17.4. The molecule has 0 unspecified atom stereocenters. The minimum atomic E-state index is -1.10. The Morgan fingerprint density at radius 2 is 1.42 bits per heavy atom. The Bertz CT molecular complexity index is 1170. The first-order valence-corrected chi connectivity index (χ1v) is 9.46. The van der Waals surface area contributed by atoms with Gasteiger partial charge < -0.3 is 20.9 Å². The number of anilines is 1. The number of nitrogens with two attached hydrogens (primary N) is 1. The first kappa shape index (κ1) is 21.6. The number of hydrogen-bond acceptors (Lipinski definition) is 4. The van der Waals surface area contributed by atoms with Gasteiger partial charge in [0, 0.05) is 16.7 Å². The highest BCUT2D eigenvalue weighted by molar-refractivity contribution is 6.06. The van der Waals surface area contributed by atoms with E-state index >= 15 is 0 Å². The number of carbonyl (C=O) groups is 3. The lowest BCUT2D eigenvalue weighted by Crippen LogP contribution is -2.15. The molecule has 0 aliphatic carbocycles. The maximum Gasteiger partial charge on any atom is 0.339 e. The maximum atomic E-state index is 12.8. The number of carbonyl (C=O) groups excluding carboxylic acids is 2.